The van der Waals surface area contributed by atoms with Crippen molar-refractivity contribution in [2.24, 2.45) is 10.7 Å². The van der Waals surface area contributed by atoms with Gasteiger partial charge in [-0.25, -0.2) is 4.99 Å². The van der Waals surface area contributed by atoms with Crippen LogP contribution in [0.3, 0.4) is 0 Å². The van der Waals surface area contributed by atoms with Crippen LogP contribution in [0.4, 0.5) is 8.78 Å². The summed E-state index contributed by atoms with van der Waals surface area (Å²) in [5.41, 5.74) is 5.67. The smallest absolute Gasteiger partial charge is 0.292 e. The van der Waals surface area contributed by atoms with Gasteiger partial charge in [0.05, 0.1) is 0 Å². The number of hydrogen-bond donors (Lipinski definition) is 1. The maximum Gasteiger partial charge on any atom is 0.292 e. The zero-order valence-corrected chi connectivity index (χ0v) is 15.2. The maximum atomic E-state index is 14.0. The Morgan fingerprint density at radius 3 is 2.43 bits per heavy atom. The second kappa shape index (κ2) is 8.38. The number of thioether (sulfide) groups is 1. The summed E-state index contributed by atoms with van der Waals surface area (Å²) in [6.45, 7) is 0.864. The van der Waals surface area contributed by atoms with Crippen molar-refractivity contribution in [1.82, 2.24) is 4.90 Å². The molecule has 3 nitrogen and oxygen atoms in total. The minimum Gasteiger partial charge on any atom is -0.370 e. The van der Waals surface area contributed by atoms with Crippen molar-refractivity contribution < 1.29 is 8.78 Å². The summed E-state index contributed by atoms with van der Waals surface area (Å²) in [7, 11) is 0. The molecule has 1 aromatic rings. The molecule has 0 radical (unpaired) electrons. The fourth-order valence-corrected chi connectivity index (χ4v) is 2.89. The topological polar surface area (TPSA) is 41.6 Å². The summed E-state index contributed by atoms with van der Waals surface area (Å²) >= 11 is 7.51. The number of guanidine groups is 1. The Bertz CT molecular complexity index is 479. The Hall–Kier alpha value is -0.280. The Balaban J connectivity index is 0.00000220. The molecule has 0 saturated carbocycles. The molecular weight excluding hydrogens is 431 g/mol. The number of benzene rings is 1. The SMILES string of the molecule is I.NC(=NCC(F)(F)c1ccc(Cl)cc1)N1CCSCC1. The van der Waals surface area contributed by atoms with Crippen LogP contribution in [0.15, 0.2) is 29.3 Å². The largest absolute Gasteiger partial charge is 0.370 e. The number of alkyl halides is 2. The molecule has 1 heterocycles. The van der Waals surface area contributed by atoms with Gasteiger partial charge in [-0.05, 0) is 12.1 Å². The molecule has 0 atom stereocenters. The number of nitrogens with zero attached hydrogens (tertiary/aromatic N) is 2. The Kier molecular flexibility index (Phi) is 7.49. The summed E-state index contributed by atoms with van der Waals surface area (Å²) in [5.74, 6) is -0.952. The van der Waals surface area contributed by atoms with Gasteiger partial charge in [0.1, 0.15) is 6.54 Å². The Morgan fingerprint density at radius 1 is 1.29 bits per heavy atom. The van der Waals surface area contributed by atoms with Gasteiger partial charge < -0.3 is 10.6 Å². The van der Waals surface area contributed by atoms with E-state index in [0.717, 1.165) is 24.6 Å². The van der Waals surface area contributed by atoms with E-state index in [4.69, 9.17) is 17.3 Å². The fraction of sp³-hybridized carbons (Fsp3) is 0.462. The highest BCUT2D eigenvalue weighted by Crippen LogP contribution is 2.29. The van der Waals surface area contributed by atoms with Gasteiger partial charge in [-0.3, -0.25) is 0 Å². The van der Waals surface area contributed by atoms with Crippen LogP contribution in [0.2, 0.25) is 5.02 Å². The van der Waals surface area contributed by atoms with Gasteiger partial charge in [0.15, 0.2) is 5.96 Å². The van der Waals surface area contributed by atoms with E-state index in [1.54, 1.807) is 0 Å². The first kappa shape index (κ1) is 18.8. The van der Waals surface area contributed by atoms with Crippen molar-refractivity contribution in [2.45, 2.75) is 5.92 Å². The highest BCUT2D eigenvalue weighted by atomic mass is 127. The average Bonchev–Trinajstić information content (AvgIpc) is 2.46. The van der Waals surface area contributed by atoms with Crippen molar-refractivity contribution in [3.05, 3.63) is 34.9 Å². The predicted molar refractivity (Wildman–Crippen MR) is 96.1 cm³/mol. The monoisotopic (exact) mass is 447 g/mol. The molecule has 1 aliphatic rings. The number of halogens is 4. The lowest BCUT2D eigenvalue weighted by Gasteiger charge is -2.27. The molecule has 118 valence electrons. The van der Waals surface area contributed by atoms with Gasteiger partial charge in [-0.2, -0.15) is 20.5 Å². The standard InChI is InChI=1S/C13H16ClF2N3S.HI/c14-11-3-1-10(2-4-11)13(15,16)9-18-12(17)19-5-7-20-8-6-19;/h1-4H,5-9H2,(H2,17,18);1H. The Morgan fingerprint density at radius 2 is 1.86 bits per heavy atom. The average molecular weight is 448 g/mol. The van der Waals surface area contributed by atoms with Gasteiger partial charge in [-0.1, -0.05) is 23.7 Å². The zero-order valence-electron chi connectivity index (χ0n) is 11.3. The third-order valence-electron chi connectivity index (χ3n) is 3.04. The van der Waals surface area contributed by atoms with Crippen molar-refractivity contribution in [2.75, 3.05) is 31.1 Å². The van der Waals surface area contributed by atoms with E-state index in [9.17, 15) is 8.78 Å². The van der Waals surface area contributed by atoms with Crippen LogP contribution >= 0.6 is 47.3 Å². The zero-order chi connectivity index (χ0) is 14.6. The van der Waals surface area contributed by atoms with E-state index in [0.29, 0.717) is 5.02 Å². The van der Waals surface area contributed by atoms with Crippen LogP contribution in [-0.2, 0) is 5.92 Å². The molecule has 0 aliphatic carbocycles. The van der Waals surface area contributed by atoms with Gasteiger partial charge in [0.2, 0.25) is 0 Å². The minimum absolute atomic E-state index is 0. The molecule has 1 fully saturated rings. The van der Waals surface area contributed by atoms with Crippen molar-refractivity contribution in [1.29, 1.82) is 0 Å². The van der Waals surface area contributed by atoms with Crippen LogP contribution in [0.25, 0.3) is 0 Å². The quantitative estimate of drug-likeness (QED) is 0.439. The summed E-state index contributed by atoms with van der Waals surface area (Å²) in [6.07, 6.45) is 0. The van der Waals surface area contributed by atoms with Gasteiger partial charge in [0.25, 0.3) is 5.92 Å². The van der Waals surface area contributed by atoms with Crippen molar-refractivity contribution >= 4 is 53.3 Å². The molecule has 1 aromatic carbocycles. The number of hydrogen-bond acceptors (Lipinski definition) is 2. The first-order valence-electron chi connectivity index (χ1n) is 6.25. The molecule has 2 N–H and O–H groups in total. The third kappa shape index (κ3) is 5.45. The highest BCUT2D eigenvalue weighted by Gasteiger charge is 2.31. The molecule has 2 rings (SSSR count). The number of aliphatic imine (C=N–C) groups is 1. The molecule has 21 heavy (non-hydrogen) atoms. The highest BCUT2D eigenvalue weighted by molar-refractivity contribution is 14.0. The first-order valence-corrected chi connectivity index (χ1v) is 7.79. The van der Waals surface area contributed by atoms with Crippen molar-refractivity contribution in [3.63, 3.8) is 0 Å². The lowest BCUT2D eigenvalue weighted by atomic mass is 10.1. The molecule has 8 heteroatoms. The molecule has 0 unspecified atom stereocenters. The maximum absolute atomic E-state index is 14.0. The van der Waals surface area contributed by atoms with E-state index in [-0.39, 0.29) is 35.5 Å². The van der Waals surface area contributed by atoms with E-state index in [2.05, 4.69) is 4.99 Å². The molecule has 0 spiro atoms. The lowest BCUT2D eigenvalue weighted by molar-refractivity contribution is 0.00627. The molecular formula is C13H17ClF2IN3S. The van der Waals surface area contributed by atoms with Crippen LogP contribution in [0, 0.1) is 0 Å². The molecule has 1 saturated heterocycles. The summed E-state index contributed by atoms with van der Waals surface area (Å²) in [5, 5.41) is 0.429. The van der Waals surface area contributed by atoms with Crippen LogP contribution in [0.5, 0.6) is 0 Å². The summed E-state index contributed by atoms with van der Waals surface area (Å²) < 4.78 is 28.0. The van der Waals surface area contributed by atoms with Gasteiger partial charge in [0, 0.05) is 35.2 Å². The third-order valence-corrected chi connectivity index (χ3v) is 4.24. The first-order chi connectivity index (χ1) is 9.49. The van der Waals surface area contributed by atoms with E-state index in [1.807, 2.05) is 16.7 Å². The molecule has 0 amide bonds. The van der Waals surface area contributed by atoms with Gasteiger partial charge in [-0.15, -0.1) is 24.0 Å². The summed E-state index contributed by atoms with van der Waals surface area (Å²) in [4.78, 5) is 5.69. The van der Waals surface area contributed by atoms with Crippen LogP contribution in [0.1, 0.15) is 5.56 Å². The van der Waals surface area contributed by atoms with Gasteiger partial charge >= 0.3 is 0 Å². The predicted octanol–water partition coefficient (Wildman–Crippen LogP) is 3.41. The summed E-state index contributed by atoms with van der Waals surface area (Å²) in [6, 6.07) is 5.51. The molecule has 0 aromatic heterocycles. The van der Waals surface area contributed by atoms with Crippen LogP contribution in [-0.4, -0.2) is 42.0 Å². The minimum atomic E-state index is -3.04. The molecule has 0 bridgehead atoms. The Labute approximate surface area is 149 Å². The normalized spacial score (nSPS) is 16.5. The molecule has 1 aliphatic heterocycles. The van der Waals surface area contributed by atoms with E-state index in [1.165, 1.54) is 24.3 Å². The van der Waals surface area contributed by atoms with E-state index >= 15 is 0 Å². The fourth-order valence-electron chi connectivity index (χ4n) is 1.86. The number of rotatable bonds is 3. The number of nitrogens with two attached hydrogens (primary N) is 1. The van der Waals surface area contributed by atoms with Crippen LogP contribution < -0.4 is 5.73 Å². The second-order valence-electron chi connectivity index (χ2n) is 4.49. The second-order valence-corrected chi connectivity index (χ2v) is 6.15. The van der Waals surface area contributed by atoms with Crippen molar-refractivity contribution in [3.8, 4) is 0 Å². The van der Waals surface area contributed by atoms with E-state index < -0.39 is 12.5 Å². The lowest BCUT2D eigenvalue weighted by Crippen LogP contribution is -2.43.